The topological polar surface area (TPSA) is 147 Å². The Balaban J connectivity index is 1.79. The number of carbonyl (C=O) groups excluding carboxylic acids is 1. The number of hydrogen-bond donors (Lipinski definition) is 3. The van der Waals surface area contributed by atoms with Gasteiger partial charge in [0.15, 0.2) is 0 Å². The Hall–Kier alpha value is -2.83. The average Bonchev–Trinajstić information content (AvgIpc) is 2.77. The summed E-state index contributed by atoms with van der Waals surface area (Å²) in [6.45, 7) is 7.12. The zero-order valence-corrected chi connectivity index (χ0v) is 21.4. The molecule has 1 aromatic carbocycles. The van der Waals surface area contributed by atoms with Gasteiger partial charge in [0.1, 0.15) is 12.4 Å². The van der Waals surface area contributed by atoms with E-state index in [2.05, 4.69) is 25.0 Å². The molecule has 0 aliphatic carbocycles. The number of nitrogens with one attached hydrogen (secondary N) is 2. The zero-order chi connectivity index (χ0) is 25.6. The van der Waals surface area contributed by atoms with Gasteiger partial charge in [-0.15, -0.1) is 0 Å². The van der Waals surface area contributed by atoms with Crippen molar-refractivity contribution in [2.24, 2.45) is 5.92 Å². The molecule has 3 N–H and O–H groups in total. The van der Waals surface area contributed by atoms with Gasteiger partial charge in [0.05, 0.1) is 25.5 Å². The number of amides is 1. The fraction of sp³-hybridized carbons (Fsp3) is 0.565. The Kier molecular flexibility index (Phi) is 8.98. The van der Waals surface area contributed by atoms with Gasteiger partial charge in [-0.2, -0.15) is 15.0 Å². The van der Waals surface area contributed by atoms with Gasteiger partial charge in [0.25, 0.3) is 5.91 Å². The lowest BCUT2D eigenvalue weighted by Gasteiger charge is -2.27. The van der Waals surface area contributed by atoms with Crippen molar-refractivity contribution in [2.45, 2.75) is 45.6 Å². The number of carbonyl (C=O) groups is 1. The lowest BCUT2D eigenvalue weighted by atomic mass is 9.97. The second-order valence-electron chi connectivity index (χ2n) is 9.22. The Morgan fingerprint density at radius 1 is 1.11 bits per heavy atom. The van der Waals surface area contributed by atoms with Crippen LogP contribution in [0.5, 0.6) is 0 Å². The molecule has 0 saturated carbocycles. The fourth-order valence-electron chi connectivity index (χ4n) is 3.88. The molecule has 1 aromatic heterocycles. The van der Waals surface area contributed by atoms with E-state index in [1.807, 2.05) is 45.0 Å². The van der Waals surface area contributed by atoms with E-state index >= 15 is 0 Å². The first-order valence-electron chi connectivity index (χ1n) is 11.6. The highest BCUT2D eigenvalue weighted by Crippen LogP contribution is 2.24. The van der Waals surface area contributed by atoms with Gasteiger partial charge in [0, 0.05) is 18.7 Å². The Bertz CT molecular complexity index is 1110. The third-order valence-corrected chi connectivity index (χ3v) is 6.07. The predicted octanol–water partition coefficient (Wildman–Crippen LogP) is 1.77. The molecule has 1 aliphatic rings. The van der Waals surface area contributed by atoms with Crippen LogP contribution in [0.15, 0.2) is 24.3 Å². The molecule has 12 heteroatoms. The minimum atomic E-state index is -3.59. The molecule has 2 aromatic rings. The summed E-state index contributed by atoms with van der Waals surface area (Å²) in [6, 6.07) is 7.46. The summed E-state index contributed by atoms with van der Waals surface area (Å²) in [7, 11) is -3.59. The quantitative estimate of drug-likeness (QED) is 0.415. The van der Waals surface area contributed by atoms with Crippen molar-refractivity contribution in [3.05, 3.63) is 35.7 Å². The van der Waals surface area contributed by atoms with Crippen LogP contribution >= 0.6 is 0 Å². The number of nitrogens with zero attached hydrogens (tertiary/aromatic N) is 4. The van der Waals surface area contributed by atoms with Crippen LogP contribution in [0.25, 0.3) is 0 Å². The molecule has 2 heterocycles. The minimum absolute atomic E-state index is 0.00933. The van der Waals surface area contributed by atoms with Gasteiger partial charge in [-0.05, 0) is 36.0 Å². The average molecular weight is 507 g/mol. The second-order valence-corrected chi connectivity index (χ2v) is 11.0. The molecule has 11 nitrogen and oxygen atoms in total. The summed E-state index contributed by atoms with van der Waals surface area (Å²) in [6.07, 6.45) is 2.16. The van der Waals surface area contributed by atoms with Gasteiger partial charge < -0.3 is 20.1 Å². The van der Waals surface area contributed by atoms with Crippen LogP contribution in [0.1, 0.15) is 44.5 Å². The normalized spacial score (nSPS) is 16.3. The van der Waals surface area contributed by atoms with E-state index in [0.717, 1.165) is 17.5 Å². The molecule has 1 aliphatic heterocycles. The number of sulfonamides is 1. The summed E-state index contributed by atoms with van der Waals surface area (Å²) in [5.41, 5.74) is 1.84. The van der Waals surface area contributed by atoms with E-state index in [1.165, 1.54) is 0 Å². The Labute approximate surface area is 206 Å². The first kappa shape index (κ1) is 26.8. The van der Waals surface area contributed by atoms with Crippen molar-refractivity contribution >= 4 is 33.5 Å². The standard InChI is InChI=1S/C23H34N6O5S/c1-15(2)11-18(13-30)24-22-25-20(26-23(27-22)28-35(4,32)33)12-16(3)17-5-7-19(8-6-17)29-9-10-34-14-21(29)31/h5-8,15-16,18,30H,9-14H2,1-4H3,(H2,24,25,26,27,28). The van der Waals surface area contributed by atoms with Crippen molar-refractivity contribution in [3.8, 4) is 0 Å². The first-order chi connectivity index (χ1) is 16.5. The summed E-state index contributed by atoms with van der Waals surface area (Å²) in [4.78, 5) is 26.7. The highest BCUT2D eigenvalue weighted by Gasteiger charge is 2.21. The van der Waals surface area contributed by atoms with E-state index in [1.54, 1.807) is 4.90 Å². The number of morpholine rings is 1. The molecule has 0 radical (unpaired) electrons. The third kappa shape index (κ3) is 8.11. The maximum atomic E-state index is 12.1. The number of aliphatic hydroxyl groups excluding tert-OH is 1. The van der Waals surface area contributed by atoms with Crippen LogP contribution in [0.3, 0.4) is 0 Å². The molecule has 2 unspecified atom stereocenters. The van der Waals surface area contributed by atoms with E-state index in [0.29, 0.717) is 37.7 Å². The highest BCUT2D eigenvalue weighted by atomic mass is 32.2. The number of hydrogen-bond acceptors (Lipinski definition) is 9. The lowest BCUT2D eigenvalue weighted by molar-refractivity contribution is -0.125. The van der Waals surface area contributed by atoms with Crippen LogP contribution in [-0.2, 0) is 26.0 Å². The summed E-state index contributed by atoms with van der Waals surface area (Å²) < 4.78 is 31.0. The SMILES string of the molecule is CC(C)CC(CO)Nc1nc(CC(C)c2ccc(N3CCOCC3=O)cc2)nc(NS(C)(=O)=O)n1. The first-order valence-corrected chi connectivity index (χ1v) is 13.5. The number of aromatic nitrogens is 3. The van der Waals surface area contributed by atoms with Gasteiger partial charge in [0.2, 0.25) is 21.9 Å². The summed E-state index contributed by atoms with van der Waals surface area (Å²) >= 11 is 0. The number of benzene rings is 1. The molecule has 35 heavy (non-hydrogen) atoms. The van der Waals surface area contributed by atoms with Gasteiger partial charge in [-0.1, -0.05) is 32.9 Å². The molecular formula is C23H34N6O5S. The van der Waals surface area contributed by atoms with Crippen LogP contribution in [0.4, 0.5) is 17.6 Å². The van der Waals surface area contributed by atoms with E-state index in [4.69, 9.17) is 4.74 Å². The van der Waals surface area contributed by atoms with Crippen molar-refractivity contribution in [2.75, 3.05) is 47.6 Å². The van der Waals surface area contributed by atoms with Gasteiger partial charge in [-0.25, -0.2) is 8.42 Å². The molecule has 1 fully saturated rings. The Morgan fingerprint density at radius 2 is 1.80 bits per heavy atom. The van der Waals surface area contributed by atoms with E-state index in [9.17, 15) is 18.3 Å². The van der Waals surface area contributed by atoms with Gasteiger partial charge >= 0.3 is 0 Å². The second kappa shape index (κ2) is 11.7. The van der Waals surface area contributed by atoms with Crippen molar-refractivity contribution in [1.29, 1.82) is 0 Å². The molecule has 192 valence electrons. The summed E-state index contributed by atoms with van der Waals surface area (Å²) in [5.74, 6) is 0.825. The molecule has 1 saturated heterocycles. The Morgan fingerprint density at radius 3 is 2.40 bits per heavy atom. The fourth-order valence-corrected chi connectivity index (χ4v) is 4.31. The number of aliphatic hydroxyl groups is 1. The van der Waals surface area contributed by atoms with E-state index < -0.39 is 10.0 Å². The molecule has 0 bridgehead atoms. The lowest BCUT2D eigenvalue weighted by Crippen LogP contribution is -2.41. The predicted molar refractivity (Wildman–Crippen MR) is 134 cm³/mol. The number of rotatable bonds is 11. The molecule has 1 amide bonds. The summed E-state index contributed by atoms with van der Waals surface area (Å²) in [5, 5.41) is 12.8. The zero-order valence-electron chi connectivity index (χ0n) is 20.6. The number of ether oxygens (including phenoxy) is 1. The molecule has 0 spiro atoms. The van der Waals surface area contributed by atoms with Crippen molar-refractivity contribution in [1.82, 2.24) is 15.0 Å². The molecular weight excluding hydrogens is 472 g/mol. The van der Waals surface area contributed by atoms with Gasteiger partial charge in [-0.3, -0.25) is 9.52 Å². The number of anilines is 3. The maximum Gasteiger partial charge on any atom is 0.253 e. The highest BCUT2D eigenvalue weighted by molar-refractivity contribution is 7.91. The minimum Gasteiger partial charge on any atom is -0.394 e. The van der Waals surface area contributed by atoms with Crippen LogP contribution in [0.2, 0.25) is 0 Å². The van der Waals surface area contributed by atoms with Crippen molar-refractivity contribution in [3.63, 3.8) is 0 Å². The largest absolute Gasteiger partial charge is 0.394 e. The molecule has 3 rings (SSSR count). The van der Waals surface area contributed by atoms with Crippen LogP contribution in [-0.4, -0.2) is 73.0 Å². The van der Waals surface area contributed by atoms with Crippen molar-refractivity contribution < 1.29 is 23.1 Å². The monoisotopic (exact) mass is 506 g/mol. The van der Waals surface area contributed by atoms with Crippen LogP contribution < -0.4 is 14.9 Å². The van der Waals surface area contributed by atoms with Crippen LogP contribution in [0, 0.1) is 5.92 Å². The smallest absolute Gasteiger partial charge is 0.253 e. The maximum absolute atomic E-state index is 12.1. The van der Waals surface area contributed by atoms with E-state index in [-0.39, 0.29) is 43.0 Å². The third-order valence-electron chi connectivity index (χ3n) is 5.52. The molecule has 2 atom stereocenters.